The summed E-state index contributed by atoms with van der Waals surface area (Å²) in [6, 6.07) is 11.7. The van der Waals surface area contributed by atoms with Gasteiger partial charge in [-0.25, -0.2) is 9.37 Å². The van der Waals surface area contributed by atoms with Crippen LogP contribution in [0.3, 0.4) is 0 Å². The van der Waals surface area contributed by atoms with Gasteiger partial charge in [-0.05, 0) is 49.1 Å². The number of alkyl halides is 1. The van der Waals surface area contributed by atoms with Gasteiger partial charge in [-0.2, -0.15) is 0 Å². The number of aromatic nitrogens is 2. The molecule has 2 aromatic heterocycles. The van der Waals surface area contributed by atoms with Gasteiger partial charge in [0, 0.05) is 36.7 Å². The Kier molecular flexibility index (Phi) is 8.19. The number of hydrogen-bond donors (Lipinski definition) is 4. The van der Waals surface area contributed by atoms with E-state index in [1.165, 1.54) is 6.20 Å². The maximum absolute atomic E-state index is 13.4. The van der Waals surface area contributed by atoms with E-state index in [-0.39, 0.29) is 18.8 Å². The fraction of sp³-hybridized carbons (Fsp3) is 0.385. The fourth-order valence-electron chi connectivity index (χ4n) is 4.43. The Balaban J connectivity index is 1.47. The average Bonchev–Trinajstić information content (AvgIpc) is 3.22. The third kappa shape index (κ3) is 6.10. The molecule has 9 heteroatoms. The van der Waals surface area contributed by atoms with Crippen LogP contribution in [0, 0.1) is 11.8 Å². The summed E-state index contributed by atoms with van der Waals surface area (Å²) in [7, 11) is 0. The number of nitrogens with zero attached hydrogens (tertiary/aromatic N) is 3. The Labute approximate surface area is 204 Å². The van der Waals surface area contributed by atoms with Crippen LogP contribution in [0.5, 0.6) is 0 Å². The monoisotopic (exact) mass is 478 g/mol. The van der Waals surface area contributed by atoms with Gasteiger partial charge < -0.3 is 30.9 Å². The quantitative estimate of drug-likeness (QED) is 0.352. The number of halogens is 1. The number of carbonyl (C=O) groups is 1. The molecule has 0 aliphatic carbocycles. The first kappa shape index (κ1) is 24.5. The number of aliphatic hydroxyl groups is 1. The molecule has 0 saturated carbocycles. The topological polar surface area (TPSA) is 108 Å². The predicted molar refractivity (Wildman–Crippen MR) is 136 cm³/mol. The lowest BCUT2D eigenvalue weighted by molar-refractivity contribution is 0.0995. The lowest BCUT2D eigenvalue weighted by Gasteiger charge is -2.32. The molecule has 8 nitrogen and oxygen atoms in total. The molecule has 184 valence electrons. The first-order valence-electron chi connectivity index (χ1n) is 11.9. The molecule has 0 spiro atoms. The van der Waals surface area contributed by atoms with Crippen LogP contribution >= 0.6 is 0 Å². The van der Waals surface area contributed by atoms with Crippen molar-refractivity contribution in [3.63, 3.8) is 0 Å². The number of benzene rings is 1. The molecule has 35 heavy (non-hydrogen) atoms. The number of pyridine rings is 1. The van der Waals surface area contributed by atoms with Crippen molar-refractivity contribution in [1.82, 2.24) is 14.5 Å². The molecule has 1 fully saturated rings. The highest BCUT2D eigenvalue weighted by Gasteiger charge is 2.20. The van der Waals surface area contributed by atoms with Gasteiger partial charge in [0.05, 0.1) is 42.8 Å². The summed E-state index contributed by atoms with van der Waals surface area (Å²) in [6.45, 7) is 2.96. The van der Waals surface area contributed by atoms with E-state index < -0.39 is 12.6 Å². The van der Waals surface area contributed by atoms with E-state index >= 15 is 0 Å². The first-order valence-corrected chi connectivity index (χ1v) is 11.9. The number of nitrogens with two attached hydrogens (primary N) is 1. The van der Waals surface area contributed by atoms with E-state index in [2.05, 4.69) is 38.4 Å². The molecule has 1 saturated heterocycles. The number of anilines is 2. The predicted octanol–water partition coefficient (Wildman–Crippen LogP) is 2.44. The molecule has 0 unspecified atom stereocenters. The van der Waals surface area contributed by atoms with Crippen LogP contribution in [-0.4, -0.2) is 71.0 Å². The third-order valence-corrected chi connectivity index (χ3v) is 6.23. The van der Waals surface area contributed by atoms with Crippen molar-refractivity contribution in [1.29, 1.82) is 0 Å². The van der Waals surface area contributed by atoms with Crippen LogP contribution in [0.4, 0.5) is 15.8 Å². The van der Waals surface area contributed by atoms with Gasteiger partial charge in [-0.3, -0.25) is 4.79 Å². The molecule has 4 rings (SSSR count). The molecule has 1 aromatic carbocycles. The van der Waals surface area contributed by atoms with Gasteiger partial charge in [0.2, 0.25) is 0 Å². The number of likely N-dealkylation sites (tertiary alicyclic amines) is 1. The van der Waals surface area contributed by atoms with Crippen molar-refractivity contribution >= 4 is 28.2 Å². The van der Waals surface area contributed by atoms with Crippen LogP contribution in [0.25, 0.3) is 10.9 Å². The van der Waals surface area contributed by atoms with Crippen molar-refractivity contribution in [2.45, 2.75) is 25.4 Å². The molecule has 3 heterocycles. The summed E-state index contributed by atoms with van der Waals surface area (Å²) in [5.41, 5.74) is 8.89. The number of aryl methyl sites for hydroxylation is 1. The summed E-state index contributed by atoms with van der Waals surface area (Å²) < 4.78 is 15.3. The van der Waals surface area contributed by atoms with E-state index in [4.69, 9.17) is 10.8 Å². The minimum atomic E-state index is -0.571. The Morgan fingerprint density at radius 1 is 1.23 bits per heavy atom. The minimum Gasteiger partial charge on any atom is -0.395 e. The van der Waals surface area contributed by atoms with Gasteiger partial charge in [0.15, 0.2) is 0 Å². The van der Waals surface area contributed by atoms with Crippen LogP contribution in [0.15, 0.2) is 42.6 Å². The maximum Gasteiger partial charge on any atom is 0.267 e. The maximum atomic E-state index is 13.4. The molecule has 0 radical (unpaired) electrons. The number of rotatable bonds is 9. The number of aliphatic hydroxyl groups excluding tert-OH is 1. The molecule has 3 aromatic rings. The Bertz CT molecular complexity index is 1210. The smallest absolute Gasteiger partial charge is 0.267 e. The number of amides is 1. The van der Waals surface area contributed by atoms with E-state index in [1.54, 1.807) is 12.1 Å². The highest BCUT2D eigenvalue weighted by atomic mass is 19.1. The van der Waals surface area contributed by atoms with Crippen LogP contribution in [0.2, 0.25) is 0 Å². The zero-order chi connectivity index (χ0) is 24.6. The first-order chi connectivity index (χ1) is 17.1. The second kappa shape index (κ2) is 11.7. The fourth-order valence-corrected chi connectivity index (χ4v) is 4.43. The second-order valence-corrected chi connectivity index (χ2v) is 8.54. The number of hydrogen-bond acceptors (Lipinski definition) is 6. The summed E-state index contributed by atoms with van der Waals surface area (Å²) in [6.07, 6.45) is 3.55. The summed E-state index contributed by atoms with van der Waals surface area (Å²) in [4.78, 5) is 17.4. The van der Waals surface area contributed by atoms with Gasteiger partial charge in [-0.1, -0.05) is 12.0 Å². The van der Waals surface area contributed by atoms with Gasteiger partial charge >= 0.3 is 0 Å². The second-order valence-electron chi connectivity index (χ2n) is 8.54. The van der Waals surface area contributed by atoms with Crippen LogP contribution in [0.1, 0.15) is 29.0 Å². The largest absolute Gasteiger partial charge is 0.395 e. The van der Waals surface area contributed by atoms with Crippen LogP contribution in [-0.2, 0) is 6.54 Å². The number of β-amino-alcohol motifs (C(OH)–C–C–N with tert-alkyl or cyclic N) is 1. The number of carbonyl (C=O) groups excluding carboxylic acids is 1. The molecule has 5 N–H and O–H groups in total. The molecule has 1 amide bonds. The van der Waals surface area contributed by atoms with Gasteiger partial charge in [0.1, 0.15) is 12.4 Å². The Morgan fingerprint density at radius 2 is 2.06 bits per heavy atom. The Hall–Kier alpha value is -3.61. The molecule has 0 atom stereocenters. The summed E-state index contributed by atoms with van der Waals surface area (Å²) in [5.74, 6) is 5.69. The lowest BCUT2D eigenvalue weighted by atomic mass is 10.0. The zero-order valence-corrected chi connectivity index (χ0v) is 19.6. The lowest BCUT2D eigenvalue weighted by Crippen LogP contribution is -2.40. The standard InChI is InChI=1S/C26H31FN6O2/c27-10-14-33-21(3-2-11-29-20-6-7-24(26(28)35)30-18-20)17-22-23(4-1-5-25(22)33)31-19-8-12-32(13-9-19)15-16-34/h1,4-7,17-19,29,31,34H,8-16H2,(H2,28,35). The number of primary amides is 1. The highest BCUT2D eigenvalue weighted by Crippen LogP contribution is 2.29. The molecular weight excluding hydrogens is 447 g/mol. The molecule has 1 aliphatic heterocycles. The van der Waals surface area contributed by atoms with Gasteiger partial charge in [0.25, 0.3) is 5.91 Å². The summed E-state index contributed by atoms with van der Waals surface area (Å²) >= 11 is 0. The van der Waals surface area contributed by atoms with Crippen molar-refractivity contribution in [2.75, 3.05) is 50.1 Å². The number of piperidine rings is 1. The molecular formula is C26H31FN6O2. The van der Waals surface area contributed by atoms with Gasteiger partial charge in [-0.15, -0.1) is 0 Å². The summed E-state index contributed by atoms with van der Waals surface area (Å²) in [5, 5.41) is 17.0. The van der Waals surface area contributed by atoms with E-state index in [9.17, 15) is 9.18 Å². The van der Waals surface area contributed by atoms with Crippen LogP contribution < -0.4 is 16.4 Å². The van der Waals surface area contributed by atoms with Crippen molar-refractivity contribution < 1.29 is 14.3 Å². The third-order valence-electron chi connectivity index (χ3n) is 6.23. The highest BCUT2D eigenvalue weighted by molar-refractivity contribution is 5.94. The van der Waals surface area contributed by atoms with Crippen molar-refractivity contribution in [3.05, 3.63) is 54.0 Å². The number of nitrogens with one attached hydrogen (secondary N) is 2. The normalized spacial score (nSPS) is 14.5. The SMILES string of the molecule is NC(=O)c1ccc(NCC#Cc2cc3c(NC4CCN(CCO)CC4)cccc3n2CCF)cn1. The Morgan fingerprint density at radius 3 is 2.74 bits per heavy atom. The van der Waals surface area contributed by atoms with Crippen molar-refractivity contribution in [2.24, 2.45) is 5.73 Å². The average molecular weight is 479 g/mol. The minimum absolute atomic E-state index is 0.192. The van der Waals surface area contributed by atoms with Crippen molar-refractivity contribution in [3.8, 4) is 11.8 Å². The molecule has 0 bridgehead atoms. The van der Waals surface area contributed by atoms with E-state index in [1.807, 2.05) is 22.8 Å². The van der Waals surface area contributed by atoms with E-state index in [0.29, 0.717) is 12.6 Å². The van der Waals surface area contributed by atoms with E-state index in [0.717, 1.165) is 60.4 Å². The zero-order valence-electron chi connectivity index (χ0n) is 19.6. The molecule has 1 aliphatic rings. The number of fused-ring (bicyclic) bond motifs is 1.